The van der Waals surface area contributed by atoms with Crippen LogP contribution in [0, 0.1) is 6.92 Å². The highest BCUT2D eigenvalue weighted by Crippen LogP contribution is 2.36. The molecule has 0 atom stereocenters. The Kier molecular flexibility index (Phi) is 7.23. The minimum absolute atomic E-state index is 0.923. The van der Waals surface area contributed by atoms with Crippen LogP contribution in [0.5, 0.6) is 0 Å². The summed E-state index contributed by atoms with van der Waals surface area (Å²) in [5.41, 5.74) is 12.4. The van der Waals surface area contributed by atoms with Gasteiger partial charge >= 0.3 is 0 Å². The van der Waals surface area contributed by atoms with Crippen molar-refractivity contribution in [3.8, 4) is 39.5 Å². The van der Waals surface area contributed by atoms with Crippen LogP contribution in [-0.4, -0.2) is 19.5 Å². The maximum Gasteiger partial charge on any atom is 0.145 e. The molecule has 0 saturated carbocycles. The molecule has 0 aliphatic rings. The van der Waals surface area contributed by atoms with Gasteiger partial charge < -0.3 is 0 Å². The Morgan fingerprint density at radius 2 is 1.26 bits per heavy atom. The molecule has 5 aromatic carbocycles. The Hall–Kier alpha value is -6.13. The van der Waals surface area contributed by atoms with Crippen molar-refractivity contribution in [1.82, 2.24) is 19.5 Å². The second kappa shape index (κ2) is 12.0. The summed E-state index contributed by atoms with van der Waals surface area (Å²) in [5, 5.41) is 2.10. The van der Waals surface area contributed by atoms with Crippen LogP contribution >= 0.6 is 0 Å². The van der Waals surface area contributed by atoms with Gasteiger partial charge in [-0.05, 0) is 79.1 Å². The van der Waals surface area contributed by atoms with Crippen molar-refractivity contribution in [3.63, 3.8) is 0 Å². The summed E-state index contributed by atoms with van der Waals surface area (Å²) in [4.78, 5) is 15.4. The molecule has 0 aliphatic heterocycles. The van der Waals surface area contributed by atoms with Gasteiger partial charge in [-0.15, -0.1) is 0 Å². The molecular formula is C43H32N4. The number of nitrogens with zero attached hydrogens (tertiary/aromatic N) is 4. The highest BCUT2D eigenvalue weighted by Gasteiger charge is 2.16. The smallest absolute Gasteiger partial charge is 0.145 e. The largest absolute Gasteiger partial charge is 0.292 e. The first-order chi connectivity index (χ1) is 23.2. The lowest BCUT2D eigenvalue weighted by Crippen LogP contribution is -1.98. The molecular weight excluding hydrogens is 573 g/mol. The second-order valence-electron chi connectivity index (χ2n) is 11.7. The average Bonchev–Trinajstić information content (AvgIpc) is 3.52. The van der Waals surface area contributed by atoms with Crippen molar-refractivity contribution in [2.75, 3.05) is 0 Å². The number of hydrogen-bond acceptors (Lipinski definition) is 3. The Labute approximate surface area is 274 Å². The number of pyridine rings is 2. The number of aryl methyl sites for hydroxylation is 1. The van der Waals surface area contributed by atoms with E-state index in [9.17, 15) is 0 Å². The monoisotopic (exact) mass is 604 g/mol. The van der Waals surface area contributed by atoms with Gasteiger partial charge in [0.15, 0.2) is 0 Å². The SMILES string of the molecule is C/C=C\C=C/c1nc2c(cc1C)c(-c1cccc(-c3cccc(-n4c(-c5ccccc5)nc5ccccc54)c3)c1)nc1ccccc12. The predicted molar refractivity (Wildman–Crippen MR) is 197 cm³/mol. The number of benzene rings is 5. The fourth-order valence-electron chi connectivity index (χ4n) is 6.35. The summed E-state index contributed by atoms with van der Waals surface area (Å²) >= 11 is 0. The number of allylic oxidation sites excluding steroid dienone is 3. The molecule has 4 heteroatoms. The van der Waals surface area contributed by atoms with Crippen LogP contribution in [0.4, 0.5) is 0 Å². The summed E-state index contributed by atoms with van der Waals surface area (Å²) in [6, 6.07) is 46.6. The number of hydrogen-bond donors (Lipinski definition) is 0. The summed E-state index contributed by atoms with van der Waals surface area (Å²) < 4.78 is 2.26. The van der Waals surface area contributed by atoms with Crippen molar-refractivity contribution in [2.24, 2.45) is 0 Å². The van der Waals surface area contributed by atoms with E-state index in [1.807, 2.05) is 43.4 Å². The zero-order valence-electron chi connectivity index (χ0n) is 26.3. The van der Waals surface area contributed by atoms with E-state index in [0.29, 0.717) is 0 Å². The molecule has 8 rings (SSSR count). The van der Waals surface area contributed by atoms with Gasteiger partial charge in [0.25, 0.3) is 0 Å². The standard InChI is InChI=1S/C43H32N4/c1-3-4-6-22-37-29(2)26-36-41(45-38-23-10-9-21-35(38)42(36)44-37)33-19-13-17-31(27-33)32-18-14-20-34(28-32)47-40-25-12-11-24-39(40)46-43(47)30-15-7-5-8-16-30/h3-28H,1-2H3/b4-3-,22-6-. The minimum Gasteiger partial charge on any atom is -0.292 e. The fraction of sp³-hybridized carbons (Fsp3) is 0.0465. The maximum atomic E-state index is 5.21. The molecule has 0 radical (unpaired) electrons. The van der Waals surface area contributed by atoms with Crippen LogP contribution in [0.15, 0.2) is 152 Å². The third-order valence-electron chi connectivity index (χ3n) is 8.62. The normalized spacial score (nSPS) is 11.9. The van der Waals surface area contributed by atoms with Crippen molar-refractivity contribution in [3.05, 3.63) is 163 Å². The van der Waals surface area contributed by atoms with Crippen LogP contribution < -0.4 is 0 Å². The van der Waals surface area contributed by atoms with Crippen LogP contribution in [0.1, 0.15) is 18.2 Å². The van der Waals surface area contributed by atoms with Crippen LogP contribution in [0.3, 0.4) is 0 Å². The molecule has 224 valence electrons. The number of para-hydroxylation sites is 3. The molecule has 0 spiro atoms. The van der Waals surface area contributed by atoms with E-state index >= 15 is 0 Å². The molecule has 0 amide bonds. The molecule has 0 fully saturated rings. The Balaban J connectivity index is 1.27. The molecule has 0 unspecified atom stereocenters. The lowest BCUT2D eigenvalue weighted by molar-refractivity contribution is 1.10. The van der Waals surface area contributed by atoms with Gasteiger partial charge in [0.2, 0.25) is 0 Å². The van der Waals surface area contributed by atoms with Crippen LogP contribution in [0.2, 0.25) is 0 Å². The maximum absolute atomic E-state index is 5.21. The highest BCUT2D eigenvalue weighted by atomic mass is 15.1. The summed E-state index contributed by atoms with van der Waals surface area (Å²) in [6.07, 6.45) is 8.16. The van der Waals surface area contributed by atoms with Gasteiger partial charge in [0.1, 0.15) is 5.82 Å². The third kappa shape index (κ3) is 5.20. The molecule has 0 aliphatic carbocycles. The van der Waals surface area contributed by atoms with E-state index in [1.54, 1.807) is 0 Å². The zero-order chi connectivity index (χ0) is 31.7. The lowest BCUT2D eigenvalue weighted by Gasteiger charge is -2.14. The van der Waals surface area contributed by atoms with Crippen molar-refractivity contribution < 1.29 is 0 Å². The van der Waals surface area contributed by atoms with E-state index in [-0.39, 0.29) is 0 Å². The molecule has 0 bridgehead atoms. The lowest BCUT2D eigenvalue weighted by atomic mass is 9.97. The molecule has 47 heavy (non-hydrogen) atoms. The predicted octanol–water partition coefficient (Wildman–Crippen LogP) is 11.0. The van der Waals surface area contributed by atoms with E-state index in [1.165, 1.54) is 0 Å². The quantitative estimate of drug-likeness (QED) is 0.140. The van der Waals surface area contributed by atoms with Crippen molar-refractivity contribution in [1.29, 1.82) is 0 Å². The Bertz CT molecular complexity index is 2490. The minimum atomic E-state index is 0.923. The summed E-state index contributed by atoms with van der Waals surface area (Å²) in [5.74, 6) is 0.923. The van der Waals surface area contributed by atoms with Gasteiger partial charge in [-0.3, -0.25) is 4.57 Å². The number of aromatic nitrogens is 4. The second-order valence-corrected chi connectivity index (χ2v) is 11.7. The Morgan fingerprint density at radius 1 is 0.553 bits per heavy atom. The van der Waals surface area contributed by atoms with Crippen molar-refractivity contribution in [2.45, 2.75) is 13.8 Å². The molecule has 3 aromatic heterocycles. The van der Waals surface area contributed by atoms with E-state index in [2.05, 4.69) is 133 Å². The van der Waals surface area contributed by atoms with E-state index in [4.69, 9.17) is 15.0 Å². The highest BCUT2D eigenvalue weighted by molar-refractivity contribution is 6.09. The third-order valence-corrected chi connectivity index (χ3v) is 8.62. The van der Waals surface area contributed by atoms with Gasteiger partial charge in [-0.2, -0.15) is 0 Å². The van der Waals surface area contributed by atoms with E-state index < -0.39 is 0 Å². The van der Waals surface area contributed by atoms with Crippen LogP contribution in [0.25, 0.3) is 78.4 Å². The summed E-state index contributed by atoms with van der Waals surface area (Å²) in [6.45, 7) is 4.13. The topological polar surface area (TPSA) is 43.6 Å². The zero-order valence-corrected chi connectivity index (χ0v) is 26.3. The van der Waals surface area contributed by atoms with Gasteiger partial charge in [0.05, 0.1) is 33.5 Å². The Morgan fingerprint density at radius 3 is 2.11 bits per heavy atom. The average molecular weight is 605 g/mol. The first-order valence-electron chi connectivity index (χ1n) is 15.9. The van der Waals surface area contributed by atoms with Gasteiger partial charge in [-0.1, -0.05) is 109 Å². The van der Waals surface area contributed by atoms with Crippen molar-refractivity contribution >= 4 is 38.9 Å². The molecule has 0 N–H and O–H groups in total. The van der Waals surface area contributed by atoms with Gasteiger partial charge in [-0.25, -0.2) is 15.0 Å². The molecule has 0 saturated heterocycles. The van der Waals surface area contributed by atoms with Crippen LogP contribution in [-0.2, 0) is 0 Å². The fourth-order valence-corrected chi connectivity index (χ4v) is 6.35. The van der Waals surface area contributed by atoms with Gasteiger partial charge in [0, 0.05) is 27.6 Å². The number of fused-ring (bicyclic) bond motifs is 4. The number of rotatable bonds is 6. The first kappa shape index (κ1) is 28.4. The number of imidazole rings is 1. The molecule has 4 nitrogen and oxygen atoms in total. The first-order valence-corrected chi connectivity index (χ1v) is 15.9. The van der Waals surface area contributed by atoms with E-state index in [0.717, 1.165) is 83.6 Å². The summed E-state index contributed by atoms with van der Waals surface area (Å²) in [7, 11) is 0. The molecule has 8 aromatic rings. The molecule has 3 heterocycles.